The number of nitrogens with zero attached hydrogens (tertiary/aromatic N) is 2. The lowest BCUT2D eigenvalue weighted by Crippen LogP contribution is -2.37. The smallest absolute Gasteiger partial charge is 0.335 e. The van der Waals surface area contributed by atoms with E-state index in [0.29, 0.717) is 18.8 Å². The summed E-state index contributed by atoms with van der Waals surface area (Å²) in [6.07, 6.45) is 0.917. The number of carbonyl (C=O) groups excluding carboxylic acids is 1. The number of halogens is 1. The minimum atomic E-state index is -1.08. The molecule has 114 valence electrons. The van der Waals surface area contributed by atoms with E-state index in [9.17, 15) is 9.59 Å². The molecule has 0 atom stereocenters. The molecule has 2 amide bonds. The van der Waals surface area contributed by atoms with Gasteiger partial charge in [0.2, 0.25) is 0 Å². The van der Waals surface area contributed by atoms with Gasteiger partial charge in [-0.3, -0.25) is 0 Å². The summed E-state index contributed by atoms with van der Waals surface area (Å²) in [5.74, 6) is -1.08. The summed E-state index contributed by atoms with van der Waals surface area (Å²) in [6.45, 7) is 3.12. The average molecular weight is 312 g/mol. The third-order valence-electron chi connectivity index (χ3n) is 3.40. The van der Waals surface area contributed by atoms with Crippen molar-refractivity contribution in [3.8, 4) is 0 Å². The summed E-state index contributed by atoms with van der Waals surface area (Å²) < 4.78 is 0. The van der Waals surface area contributed by atoms with Gasteiger partial charge in [0.15, 0.2) is 0 Å². The van der Waals surface area contributed by atoms with Gasteiger partial charge >= 0.3 is 12.0 Å². The number of rotatable bonds is 2. The first-order valence-corrected chi connectivity index (χ1v) is 7.12. The molecular formula is C14H18ClN3O3. The number of aromatic carboxylic acids is 1. The van der Waals surface area contributed by atoms with Crippen molar-refractivity contribution in [1.29, 1.82) is 0 Å². The fraction of sp³-hybridized carbons (Fsp3) is 0.429. The summed E-state index contributed by atoms with van der Waals surface area (Å²) in [4.78, 5) is 27.1. The van der Waals surface area contributed by atoms with E-state index in [1.807, 2.05) is 7.05 Å². The summed E-state index contributed by atoms with van der Waals surface area (Å²) in [5, 5.41) is 12.0. The highest BCUT2D eigenvalue weighted by atomic mass is 35.5. The minimum Gasteiger partial charge on any atom is -0.478 e. The third-order valence-corrected chi connectivity index (χ3v) is 3.62. The predicted molar refractivity (Wildman–Crippen MR) is 81.1 cm³/mol. The molecule has 21 heavy (non-hydrogen) atoms. The Morgan fingerprint density at radius 2 is 1.95 bits per heavy atom. The van der Waals surface area contributed by atoms with Crippen LogP contribution < -0.4 is 5.32 Å². The highest BCUT2D eigenvalue weighted by Crippen LogP contribution is 2.19. The SMILES string of the molecule is CN1CCCN(C(=O)Nc2cc(Cl)cc(C(=O)O)c2)CC1. The molecule has 2 rings (SSSR count). The van der Waals surface area contributed by atoms with Gasteiger partial charge in [-0.1, -0.05) is 11.6 Å². The van der Waals surface area contributed by atoms with Crippen LogP contribution in [-0.4, -0.2) is 60.1 Å². The van der Waals surface area contributed by atoms with Crippen LogP contribution in [-0.2, 0) is 0 Å². The van der Waals surface area contributed by atoms with Crippen molar-refractivity contribution in [3.63, 3.8) is 0 Å². The number of nitrogens with one attached hydrogen (secondary N) is 1. The topological polar surface area (TPSA) is 72.9 Å². The summed E-state index contributed by atoms with van der Waals surface area (Å²) in [7, 11) is 2.03. The molecular weight excluding hydrogens is 294 g/mol. The van der Waals surface area contributed by atoms with E-state index in [2.05, 4.69) is 10.2 Å². The van der Waals surface area contributed by atoms with Crippen LogP contribution in [0.1, 0.15) is 16.8 Å². The van der Waals surface area contributed by atoms with Crippen molar-refractivity contribution in [2.75, 3.05) is 38.5 Å². The Morgan fingerprint density at radius 1 is 1.19 bits per heavy atom. The number of hydrogen-bond donors (Lipinski definition) is 2. The van der Waals surface area contributed by atoms with Crippen molar-refractivity contribution in [1.82, 2.24) is 9.80 Å². The maximum absolute atomic E-state index is 12.2. The average Bonchev–Trinajstić information content (AvgIpc) is 2.62. The fourth-order valence-electron chi connectivity index (χ4n) is 2.24. The largest absolute Gasteiger partial charge is 0.478 e. The Kier molecular flexibility index (Phi) is 5.03. The van der Waals surface area contributed by atoms with Crippen molar-refractivity contribution in [3.05, 3.63) is 28.8 Å². The van der Waals surface area contributed by atoms with Crippen molar-refractivity contribution in [2.45, 2.75) is 6.42 Å². The third kappa shape index (κ3) is 4.34. The van der Waals surface area contributed by atoms with Crippen LogP contribution in [0, 0.1) is 0 Å². The van der Waals surface area contributed by atoms with Crippen LogP contribution in [0.25, 0.3) is 0 Å². The quantitative estimate of drug-likeness (QED) is 0.878. The van der Waals surface area contributed by atoms with Crippen molar-refractivity contribution < 1.29 is 14.7 Å². The maximum atomic E-state index is 12.2. The first kappa shape index (κ1) is 15.6. The number of carbonyl (C=O) groups is 2. The Labute approximate surface area is 128 Å². The van der Waals surface area contributed by atoms with Crippen LogP contribution in [0.4, 0.5) is 10.5 Å². The van der Waals surface area contributed by atoms with Gasteiger partial charge in [-0.2, -0.15) is 0 Å². The second-order valence-corrected chi connectivity index (χ2v) is 5.54. The molecule has 1 heterocycles. The molecule has 1 fully saturated rings. The lowest BCUT2D eigenvalue weighted by Gasteiger charge is -2.21. The molecule has 0 radical (unpaired) electrons. The Bertz CT molecular complexity index is 550. The molecule has 0 bridgehead atoms. The van der Waals surface area contributed by atoms with Gasteiger partial charge < -0.3 is 20.2 Å². The zero-order chi connectivity index (χ0) is 15.4. The lowest BCUT2D eigenvalue weighted by atomic mass is 10.2. The van der Waals surface area contributed by atoms with Gasteiger partial charge in [0.1, 0.15) is 0 Å². The Morgan fingerprint density at radius 3 is 2.67 bits per heavy atom. The molecule has 0 aliphatic carbocycles. The summed E-state index contributed by atoms with van der Waals surface area (Å²) >= 11 is 5.87. The number of benzene rings is 1. The van der Waals surface area contributed by atoms with Crippen LogP contribution in [0.2, 0.25) is 5.02 Å². The zero-order valence-corrected chi connectivity index (χ0v) is 12.6. The standard InChI is InChI=1S/C14H18ClN3O3/c1-17-3-2-4-18(6-5-17)14(21)16-12-8-10(13(19)20)7-11(15)9-12/h7-9H,2-6H2,1H3,(H,16,21)(H,19,20). The molecule has 1 aliphatic heterocycles. The maximum Gasteiger partial charge on any atom is 0.335 e. The van der Waals surface area contributed by atoms with Gasteiger partial charge in [0.25, 0.3) is 0 Å². The van der Waals surface area contributed by atoms with Gasteiger partial charge in [-0.15, -0.1) is 0 Å². The summed E-state index contributed by atoms with van der Waals surface area (Å²) in [5.41, 5.74) is 0.441. The van der Waals surface area contributed by atoms with Crippen LogP contribution in [0.5, 0.6) is 0 Å². The fourth-order valence-corrected chi connectivity index (χ4v) is 2.47. The number of urea groups is 1. The van der Waals surface area contributed by atoms with E-state index in [1.54, 1.807) is 4.90 Å². The van der Waals surface area contributed by atoms with Crippen LogP contribution in [0.3, 0.4) is 0 Å². The zero-order valence-electron chi connectivity index (χ0n) is 11.8. The van der Waals surface area contributed by atoms with Crippen LogP contribution >= 0.6 is 11.6 Å². The second-order valence-electron chi connectivity index (χ2n) is 5.11. The molecule has 0 spiro atoms. The molecule has 1 aromatic rings. The predicted octanol–water partition coefficient (Wildman–Crippen LogP) is 2.21. The van der Waals surface area contributed by atoms with E-state index >= 15 is 0 Å². The number of anilines is 1. The lowest BCUT2D eigenvalue weighted by molar-refractivity contribution is 0.0697. The Balaban J connectivity index is 2.07. The molecule has 0 saturated carbocycles. The molecule has 7 heteroatoms. The van der Waals surface area contributed by atoms with E-state index in [1.165, 1.54) is 18.2 Å². The first-order chi connectivity index (χ1) is 9.95. The number of carboxylic acids is 1. The summed E-state index contributed by atoms with van der Waals surface area (Å²) in [6, 6.07) is 4.05. The number of carboxylic acid groups (broad SMARTS) is 1. The van der Waals surface area contributed by atoms with Gasteiger partial charge in [-0.25, -0.2) is 9.59 Å². The van der Waals surface area contributed by atoms with Crippen molar-refractivity contribution >= 4 is 29.3 Å². The molecule has 1 aliphatic rings. The van der Waals surface area contributed by atoms with Gasteiger partial charge in [-0.05, 0) is 38.2 Å². The molecule has 0 unspecified atom stereocenters. The van der Waals surface area contributed by atoms with E-state index in [4.69, 9.17) is 16.7 Å². The monoisotopic (exact) mass is 311 g/mol. The minimum absolute atomic E-state index is 0.0494. The number of hydrogen-bond acceptors (Lipinski definition) is 3. The second kappa shape index (κ2) is 6.78. The van der Waals surface area contributed by atoms with E-state index < -0.39 is 5.97 Å². The molecule has 0 aromatic heterocycles. The van der Waals surface area contributed by atoms with E-state index in [0.717, 1.165) is 19.5 Å². The molecule has 6 nitrogen and oxygen atoms in total. The molecule has 1 saturated heterocycles. The van der Waals surface area contributed by atoms with Crippen molar-refractivity contribution in [2.24, 2.45) is 0 Å². The Hall–Kier alpha value is -1.79. The number of amides is 2. The highest BCUT2D eigenvalue weighted by Gasteiger charge is 2.18. The molecule has 2 N–H and O–H groups in total. The van der Waals surface area contributed by atoms with Gasteiger partial charge in [0.05, 0.1) is 5.56 Å². The van der Waals surface area contributed by atoms with Gasteiger partial charge in [0, 0.05) is 30.3 Å². The molecule has 1 aromatic carbocycles. The number of likely N-dealkylation sites (N-methyl/N-ethyl adjacent to an activating group) is 1. The first-order valence-electron chi connectivity index (χ1n) is 6.74. The highest BCUT2D eigenvalue weighted by molar-refractivity contribution is 6.31. The normalized spacial score (nSPS) is 16.4. The van der Waals surface area contributed by atoms with E-state index in [-0.39, 0.29) is 16.6 Å². The van der Waals surface area contributed by atoms with Crippen LogP contribution in [0.15, 0.2) is 18.2 Å².